The number of rotatable bonds is 8. The predicted molar refractivity (Wildman–Crippen MR) is 103 cm³/mol. The van der Waals surface area contributed by atoms with Crippen LogP contribution in [0.1, 0.15) is 49.7 Å². The Hall–Kier alpha value is -1.40. The van der Waals surface area contributed by atoms with Crippen molar-refractivity contribution in [3.63, 3.8) is 0 Å². The molecule has 5 nitrogen and oxygen atoms in total. The molecule has 2 amide bonds. The molecule has 0 saturated carbocycles. The minimum atomic E-state index is -0.503. The van der Waals surface area contributed by atoms with Crippen LogP contribution in [-0.2, 0) is 4.79 Å². The van der Waals surface area contributed by atoms with Gasteiger partial charge in [0, 0.05) is 13.1 Å². The Morgan fingerprint density at radius 1 is 1.20 bits per heavy atom. The standard InChI is InChI=1S/C19H31N3O2S/c1-14(2)17(21-18(23)16-8-7-11-25-16)19(24)20-12-15(3)13-22-9-5-4-6-10-22/h7-8,11,14-15,17H,4-6,9-10,12-13H2,1-3H3,(H,20,24)(H,21,23). The van der Waals surface area contributed by atoms with Gasteiger partial charge in [-0.05, 0) is 49.2 Å². The summed E-state index contributed by atoms with van der Waals surface area (Å²) >= 11 is 1.38. The second-order valence-corrected chi connectivity index (χ2v) is 8.33. The summed E-state index contributed by atoms with van der Waals surface area (Å²) in [5.74, 6) is 0.180. The fourth-order valence-corrected chi connectivity index (χ4v) is 3.81. The molecule has 2 N–H and O–H groups in total. The molecule has 0 aliphatic carbocycles. The maximum Gasteiger partial charge on any atom is 0.262 e. The van der Waals surface area contributed by atoms with Gasteiger partial charge in [-0.15, -0.1) is 11.3 Å². The van der Waals surface area contributed by atoms with E-state index in [0.717, 1.165) is 6.54 Å². The van der Waals surface area contributed by atoms with Gasteiger partial charge in [0.1, 0.15) is 6.04 Å². The number of thiophene rings is 1. The van der Waals surface area contributed by atoms with Crippen molar-refractivity contribution in [2.75, 3.05) is 26.2 Å². The largest absolute Gasteiger partial charge is 0.354 e. The average Bonchev–Trinajstić information content (AvgIpc) is 3.12. The van der Waals surface area contributed by atoms with Crippen molar-refractivity contribution in [2.24, 2.45) is 11.8 Å². The monoisotopic (exact) mass is 365 g/mol. The summed E-state index contributed by atoms with van der Waals surface area (Å²) in [6, 6.07) is 3.11. The highest BCUT2D eigenvalue weighted by molar-refractivity contribution is 7.12. The van der Waals surface area contributed by atoms with Crippen LogP contribution in [0, 0.1) is 11.8 Å². The zero-order valence-electron chi connectivity index (χ0n) is 15.6. The smallest absolute Gasteiger partial charge is 0.262 e. The fraction of sp³-hybridized carbons (Fsp3) is 0.684. The summed E-state index contributed by atoms with van der Waals surface area (Å²) in [4.78, 5) is 27.9. The van der Waals surface area contributed by atoms with Gasteiger partial charge in [0.25, 0.3) is 5.91 Å². The topological polar surface area (TPSA) is 61.4 Å². The molecule has 25 heavy (non-hydrogen) atoms. The summed E-state index contributed by atoms with van der Waals surface area (Å²) in [5.41, 5.74) is 0. The molecule has 1 fully saturated rings. The Bertz CT molecular complexity index is 539. The summed E-state index contributed by atoms with van der Waals surface area (Å²) in [7, 11) is 0. The molecule has 1 aliphatic rings. The van der Waals surface area contributed by atoms with Crippen LogP contribution in [0.4, 0.5) is 0 Å². The third-order valence-corrected chi connectivity index (χ3v) is 5.49. The van der Waals surface area contributed by atoms with Crippen molar-refractivity contribution < 1.29 is 9.59 Å². The number of nitrogens with zero attached hydrogens (tertiary/aromatic N) is 1. The van der Waals surface area contributed by atoms with Gasteiger partial charge >= 0.3 is 0 Å². The van der Waals surface area contributed by atoms with Gasteiger partial charge < -0.3 is 15.5 Å². The number of nitrogens with one attached hydrogen (secondary N) is 2. The molecule has 1 aromatic rings. The minimum absolute atomic E-state index is 0.0429. The lowest BCUT2D eigenvalue weighted by Gasteiger charge is -2.29. The van der Waals surface area contributed by atoms with E-state index in [1.807, 2.05) is 25.3 Å². The zero-order chi connectivity index (χ0) is 18.2. The predicted octanol–water partition coefficient (Wildman–Crippen LogP) is 2.74. The minimum Gasteiger partial charge on any atom is -0.354 e. The number of piperidine rings is 1. The lowest BCUT2D eigenvalue weighted by atomic mass is 10.0. The van der Waals surface area contributed by atoms with Gasteiger partial charge in [-0.25, -0.2) is 0 Å². The highest BCUT2D eigenvalue weighted by Gasteiger charge is 2.25. The third-order valence-electron chi connectivity index (χ3n) is 4.62. The average molecular weight is 366 g/mol. The molecule has 0 radical (unpaired) electrons. The van der Waals surface area contributed by atoms with Crippen LogP contribution in [0.2, 0.25) is 0 Å². The first-order valence-electron chi connectivity index (χ1n) is 9.31. The van der Waals surface area contributed by atoms with E-state index >= 15 is 0 Å². The van der Waals surface area contributed by atoms with E-state index in [2.05, 4.69) is 22.5 Å². The van der Waals surface area contributed by atoms with Crippen LogP contribution < -0.4 is 10.6 Å². The van der Waals surface area contributed by atoms with Crippen LogP contribution >= 0.6 is 11.3 Å². The third kappa shape index (κ3) is 6.44. The molecule has 1 aliphatic heterocycles. The highest BCUT2D eigenvalue weighted by Crippen LogP contribution is 2.12. The molecule has 1 aromatic heterocycles. The Balaban J connectivity index is 1.80. The normalized spacial score (nSPS) is 17.9. The highest BCUT2D eigenvalue weighted by atomic mass is 32.1. The number of carbonyl (C=O) groups excluding carboxylic acids is 2. The van der Waals surface area contributed by atoms with Gasteiger partial charge in [-0.3, -0.25) is 9.59 Å². The van der Waals surface area contributed by atoms with Crippen LogP contribution in [0.3, 0.4) is 0 Å². The van der Waals surface area contributed by atoms with E-state index in [1.54, 1.807) is 6.07 Å². The molecule has 0 aromatic carbocycles. The van der Waals surface area contributed by atoms with Crippen molar-refractivity contribution in [3.05, 3.63) is 22.4 Å². The molecule has 2 heterocycles. The first kappa shape index (κ1) is 19.9. The zero-order valence-corrected chi connectivity index (χ0v) is 16.4. The summed E-state index contributed by atoms with van der Waals surface area (Å²) in [6.45, 7) is 10.1. The van der Waals surface area contributed by atoms with Crippen molar-refractivity contribution in [2.45, 2.75) is 46.1 Å². The molecular weight excluding hydrogens is 334 g/mol. The van der Waals surface area contributed by atoms with Gasteiger partial charge in [0.2, 0.25) is 5.91 Å². The van der Waals surface area contributed by atoms with Gasteiger partial charge in [0.15, 0.2) is 0 Å². The number of likely N-dealkylation sites (tertiary alicyclic amines) is 1. The van der Waals surface area contributed by atoms with E-state index in [0.29, 0.717) is 17.3 Å². The molecule has 2 rings (SSSR count). The lowest BCUT2D eigenvalue weighted by molar-refractivity contribution is -0.124. The van der Waals surface area contributed by atoms with Crippen LogP contribution in [0.15, 0.2) is 17.5 Å². The maximum absolute atomic E-state index is 12.6. The summed E-state index contributed by atoms with van der Waals surface area (Å²) < 4.78 is 0. The second kappa shape index (κ2) is 9.92. The fourth-order valence-electron chi connectivity index (χ4n) is 3.19. The van der Waals surface area contributed by atoms with E-state index in [9.17, 15) is 9.59 Å². The van der Waals surface area contributed by atoms with Crippen LogP contribution in [-0.4, -0.2) is 48.9 Å². The lowest BCUT2D eigenvalue weighted by Crippen LogP contribution is -2.50. The van der Waals surface area contributed by atoms with Gasteiger partial charge in [0.05, 0.1) is 4.88 Å². The maximum atomic E-state index is 12.6. The van der Waals surface area contributed by atoms with E-state index in [-0.39, 0.29) is 17.7 Å². The first-order valence-corrected chi connectivity index (χ1v) is 10.2. The van der Waals surface area contributed by atoms with Crippen molar-refractivity contribution in [1.29, 1.82) is 0 Å². The second-order valence-electron chi connectivity index (χ2n) is 7.38. The van der Waals surface area contributed by atoms with Crippen molar-refractivity contribution >= 4 is 23.2 Å². The molecule has 6 heteroatoms. The molecule has 1 saturated heterocycles. The van der Waals surface area contributed by atoms with E-state index in [4.69, 9.17) is 0 Å². The number of hydrogen-bond donors (Lipinski definition) is 2. The number of amides is 2. The molecule has 0 spiro atoms. The molecule has 140 valence electrons. The van der Waals surface area contributed by atoms with Gasteiger partial charge in [-0.1, -0.05) is 33.3 Å². The Morgan fingerprint density at radius 2 is 1.92 bits per heavy atom. The Morgan fingerprint density at radius 3 is 2.52 bits per heavy atom. The summed E-state index contributed by atoms with van der Waals surface area (Å²) in [6.07, 6.45) is 3.90. The van der Waals surface area contributed by atoms with Crippen molar-refractivity contribution in [1.82, 2.24) is 15.5 Å². The van der Waals surface area contributed by atoms with E-state index in [1.165, 1.54) is 43.7 Å². The molecular formula is C19H31N3O2S. The quantitative estimate of drug-likeness (QED) is 0.745. The Labute approximate surface area is 155 Å². The molecule has 2 atom stereocenters. The van der Waals surface area contributed by atoms with Gasteiger partial charge in [-0.2, -0.15) is 0 Å². The Kier molecular flexibility index (Phi) is 7.90. The first-order chi connectivity index (χ1) is 12.0. The van der Waals surface area contributed by atoms with Crippen molar-refractivity contribution in [3.8, 4) is 0 Å². The summed E-state index contributed by atoms with van der Waals surface area (Å²) in [5, 5.41) is 7.76. The number of hydrogen-bond acceptors (Lipinski definition) is 4. The molecule has 0 bridgehead atoms. The van der Waals surface area contributed by atoms with E-state index < -0.39 is 6.04 Å². The molecule has 2 unspecified atom stereocenters. The number of carbonyl (C=O) groups is 2. The SMILES string of the molecule is CC(CNC(=O)C(NC(=O)c1cccs1)C(C)C)CN1CCCCC1. The van der Waals surface area contributed by atoms with Crippen LogP contribution in [0.5, 0.6) is 0 Å². The van der Waals surface area contributed by atoms with Crippen LogP contribution in [0.25, 0.3) is 0 Å².